The number of phosphoric ester groups is 2. The molecule has 8 nitrogen and oxygen atoms in total. The van der Waals surface area contributed by atoms with E-state index in [1.54, 1.807) is 27.7 Å². The largest absolute Gasteiger partial charge is 0.530 e. The number of rotatable bonds is 12. The van der Waals surface area contributed by atoms with Crippen molar-refractivity contribution in [3.8, 4) is 11.5 Å². The molecule has 0 fully saturated rings. The van der Waals surface area contributed by atoms with E-state index in [-0.39, 0.29) is 42.7 Å². The third-order valence-electron chi connectivity index (χ3n) is 8.18. The second kappa shape index (κ2) is 11.4. The lowest BCUT2D eigenvalue weighted by molar-refractivity contribution is 0.166. The van der Waals surface area contributed by atoms with Gasteiger partial charge in [0.2, 0.25) is 0 Å². The van der Waals surface area contributed by atoms with Crippen molar-refractivity contribution in [3.05, 3.63) is 57.6 Å². The van der Waals surface area contributed by atoms with Crippen LogP contribution in [0.25, 0.3) is 0 Å². The Morgan fingerprint density at radius 2 is 0.902 bits per heavy atom. The predicted molar refractivity (Wildman–Crippen MR) is 161 cm³/mol. The second-order valence-electron chi connectivity index (χ2n) is 12.3. The Bertz CT molecular complexity index is 1270. The van der Waals surface area contributed by atoms with Gasteiger partial charge >= 0.3 is 15.6 Å². The Balaban J connectivity index is 1.91. The van der Waals surface area contributed by atoms with Crippen molar-refractivity contribution in [2.75, 3.05) is 26.4 Å². The summed E-state index contributed by atoms with van der Waals surface area (Å²) in [5.41, 5.74) is 5.79. The summed E-state index contributed by atoms with van der Waals surface area (Å²) in [6, 6.07) is 8.36. The number of aryl methyl sites for hydroxylation is 2. The van der Waals surface area contributed by atoms with E-state index < -0.39 is 15.6 Å². The van der Waals surface area contributed by atoms with E-state index >= 15 is 0 Å². The molecule has 4 rings (SSSR count). The average Bonchev–Trinajstić information content (AvgIpc) is 3.19. The maximum absolute atomic E-state index is 13.4. The Hall–Kier alpha value is -1.66. The molecule has 0 bridgehead atoms. The molecule has 0 N–H and O–H groups in total. The monoisotopic (exact) mass is 608 g/mol. The predicted octanol–water partition coefficient (Wildman–Crippen LogP) is 9.07. The molecule has 0 aromatic heterocycles. The summed E-state index contributed by atoms with van der Waals surface area (Å²) >= 11 is 0. The zero-order valence-electron chi connectivity index (χ0n) is 26.2. The van der Waals surface area contributed by atoms with E-state index in [2.05, 4.69) is 39.8 Å². The Kier molecular flexibility index (Phi) is 9.01. The van der Waals surface area contributed by atoms with Gasteiger partial charge in [-0.3, -0.25) is 18.1 Å². The summed E-state index contributed by atoms with van der Waals surface area (Å²) in [4.78, 5) is 0. The quantitative estimate of drug-likeness (QED) is 0.221. The van der Waals surface area contributed by atoms with Crippen molar-refractivity contribution in [2.24, 2.45) is 0 Å². The Labute approximate surface area is 245 Å². The van der Waals surface area contributed by atoms with Crippen molar-refractivity contribution in [1.29, 1.82) is 0 Å². The Morgan fingerprint density at radius 1 is 0.585 bits per heavy atom. The van der Waals surface area contributed by atoms with Gasteiger partial charge in [-0.1, -0.05) is 39.8 Å². The molecule has 0 aliphatic heterocycles. The van der Waals surface area contributed by atoms with Crippen LogP contribution in [0.1, 0.15) is 102 Å². The van der Waals surface area contributed by atoms with Gasteiger partial charge in [0.1, 0.15) is 11.5 Å². The molecule has 2 aromatic rings. The molecule has 2 aliphatic rings. The van der Waals surface area contributed by atoms with E-state index in [9.17, 15) is 9.13 Å². The van der Waals surface area contributed by atoms with Gasteiger partial charge in [-0.2, -0.15) is 0 Å². The average molecular weight is 609 g/mol. The molecule has 0 saturated carbocycles. The summed E-state index contributed by atoms with van der Waals surface area (Å²) in [6.07, 6.45) is 1.72. The van der Waals surface area contributed by atoms with E-state index in [0.29, 0.717) is 11.5 Å². The molecule has 2 aliphatic carbocycles. The first-order valence-corrected chi connectivity index (χ1v) is 17.5. The number of benzene rings is 2. The molecular formula is C31H46O8P2. The summed E-state index contributed by atoms with van der Waals surface area (Å²) in [6.45, 7) is 20.8. The fraction of sp³-hybridized carbons (Fsp3) is 0.613. The van der Waals surface area contributed by atoms with Crippen molar-refractivity contribution < 1.29 is 36.3 Å². The molecular weight excluding hydrogens is 562 g/mol. The fourth-order valence-corrected chi connectivity index (χ4v) is 9.33. The second-order valence-corrected chi connectivity index (χ2v) is 15.5. The highest BCUT2D eigenvalue weighted by Gasteiger charge is 2.57. The molecule has 0 amide bonds. The van der Waals surface area contributed by atoms with Gasteiger partial charge in [-0.25, -0.2) is 9.13 Å². The molecule has 10 heteroatoms. The highest BCUT2D eigenvalue weighted by molar-refractivity contribution is 7.49. The van der Waals surface area contributed by atoms with Crippen LogP contribution in [-0.2, 0) is 43.5 Å². The van der Waals surface area contributed by atoms with Crippen LogP contribution in [0.4, 0.5) is 0 Å². The van der Waals surface area contributed by atoms with E-state index in [4.69, 9.17) is 27.1 Å². The van der Waals surface area contributed by atoms with Gasteiger partial charge < -0.3 is 9.05 Å². The SMILES string of the molecule is CCOP(=O)(OCC)Oc1cc2c(cc1C)C(C)(C)CC21CC(C)(C)c2cc(C)c(OP(=O)(OCC)OCC)cc21. The smallest absolute Gasteiger partial charge is 0.404 e. The molecule has 0 atom stereocenters. The normalized spacial score (nSPS) is 18.4. The molecule has 0 heterocycles. The van der Waals surface area contributed by atoms with Gasteiger partial charge in [0.05, 0.1) is 26.4 Å². The minimum absolute atomic E-state index is 0.141. The van der Waals surface area contributed by atoms with Crippen molar-refractivity contribution in [3.63, 3.8) is 0 Å². The standard InChI is InChI=1S/C31H46O8P2/c1-11-34-40(32,35-12-2)38-27-17-25-23(15-21(27)5)29(7,8)19-31(25)20-30(9,10)24-16-22(6)28(18-26(24)31)39-41(33,36-13-3)37-14-4/h15-18H,11-14,19-20H2,1-10H3. The van der Waals surface area contributed by atoms with Crippen molar-refractivity contribution >= 4 is 15.6 Å². The van der Waals surface area contributed by atoms with Crippen molar-refractivity contribution in [2.45, 2.75) is 98.3 Å². The van der Waals surface area contributed by atoms with Gasteiger partial charge in [-0.15, -0.1) is 0 Å². The minimum atomic E-state index is -3.79. The van der Waals surface area contributed by atoms with Crippen LogP contribution in [0.2, 0.25) is 0 Å². The third-order valence-corrected chi connectivity index (χ3v) is 11.3. The number of hydrogen-bond donors (Lipinski definition) is 0. The van der Waals surface area contributed by atoms with E-state index in [1.807, 2.05) is 26.0 Å². The topological polar surface area (TPSA) is 89.5 Å². The van der Waals surface area contributed by atoms with Gasteiger partial charge in [0.25, 0.3) is 0 Å². The number of fused-ring (bicyclic) bond motifs is 4. The summed E-state index contributed by atoms with van der Waals surface area (Å²) in [5, 5.41) is 0. The maximum Gasteiger partial charge on any atom is 0.530 e. The first-order valence-electron chi connectivity index (χ1n) is 14.6. The van der Waals surface area contributed by atoms with Crippen LogP contribution in [0.5, 0.6) is 11.5 Å². The van der Waals surface area contributed by atoms with Gasteiger partial charge in [0, 0.05) is 5.41 Å². The van der Waals surface area contributed by atoms with Crippen LogP contribution in [0, 0.1) is 13.8 Å². The molecule has 2 aromatic carbocycles. The molecule has 41 heavy (non-hydrogen) atoms. The lowest BCUT2D eigenvalue weighted by Gasteiger charge is -2.31. The van der Waals surface area contributed by atoms with Crippen LogP contribution < -0.4 is 9.05 Å². The first-order chi connectivity index (χ1) is 19.1. The van der Waals surface area contributed by atoms with Crippen LogP contribution >= 0.6 is 15.6 Å². The maximum atomic E-state index is 13.4. The summed E-state index contributed by atoms with van der Waals surface area (Å²) in [7, 11) is -7.58. The third kappa shape index (κ3) is 5.94. The van der Waals surface area contributed by atoms with E-state index in [0.717, 1.165) is 35.1 Å². The molecule has 0 radical (unpaired) electrons. The highest BCUT2D eigenvalue weighted by atomic mass is 31.2. The lowest BCUT2D eigenvalue weighted by atomic mass is 9.72. The van der Waals surface area contributed by atoms with Crippen molar-refractivity contribution in [1.82, 2.24) is 0 Å². The fourth-order valence-electron chi connectivity index (χ4n) is 6.83. The van der Waals surface area contributed by atoms with Gasteiger partial charge in [0.15, 0.2) is 0 Å². The molecule has 0 saturated heterocycles. The van der Waals surface area contributed by atoms with Crippen LogP contribution in [0.3, 0.4) is 0 Å². The van der Waals surface area contributed by atoms with Gasteiger partial charge in [-0.05, 0) is 111 Å². The molecule has 0 unspecified atom stereocenters. The zero-order valence-corrected chi connectivity index (χ0v) is 28.0. The van der Waals surface area contributed by atoms with Crippen LogP contribution in [0.15, 0.2) is 24.3 Å². The highest BCUT2D eigenvalue weighted by Crippen LogP contribution is 2.65. The van der Waals surface area contributed by atoms with E-state index in [1.165, 1.54) is 11.1 Å². The zero-order chi connectivity index (χ0) is 30.4. The number of hydrogen-bond acceptors (Lipinski definition) is 8. The summed E-state index contributed by atoms with van der Waals surface area (Å²) < 4.78 is 60.6. The lowest BCUT2D eigenvalue weighted by Crippen LogP contribution is -2.27. The summed E-state index contributed by atoms with van der Waals surface area (Å²) in [5.74, 6) is 0.969. The van der Waals surface area contributed by atoms with Crippen LogP contribution in [-0.4, -0.2) is 26.4 Å². The number of phosphoric acid groups is 2. The first kappa shape index (κ1) is 32.3. The molecule has 1 spiro atoms. The minimum Gasteiger partial charge on any atom is -0.404 e. The molecule has 228 valence electrons. The Morgan fingerprint density at radius 3 is 1.20 bits per heavy atom.